The molecule has 0 unspecified atom stereocenters. The van der Waals surface area contributed by atoms with E-state index in [1.807, 2.05) is 45.0 Å². The van der Waals surface area contributed by atoms with E-state index in [0.29, 0.717) is 11.5 Å². The fraction of sp³-hybridized carbons (Fsp3) is 0.375. The molecule has 114 valence electrons. The second-order valence-corrected chi connectivity index (χ2v) is 6.48. The number of hydrogen-bond donors (Lipinski definition) is 1. The molecule has 1 aromatic rings. The normalized spacial score (nSPS) is 11.6. The van der Waals surface area contributed by atoms with Crippen molar-refractivity contribution in [2.45, 2.75) is 32.1 Å². The molecule has 0 spiro atoms. The Bertz CT molecular complexity index is 512. The van der Waals surface area contributed by atoms with Gasteiger partial charge >= 0.3 is 11.9 Å². The molecule has 0 aromatic heterocycles. The molecule has 1 rings (SSSR count). The number of esters is 1. The lowest BCUT2D eigenvalue weighted by atomic mass is 10.1. The van der Waals surface area contributed by atoms with Gasteiger partial charge in [-0.2, -0.15) is 0 Å². The molecule has 0 atom stereocenters. The highest BCUT2D eigenvalue weighted by Crippen LogP contribution is 2.15. The van der Waals surface area contributed by atoms with Gasteiger partial charge in [-0.3, -0.25) is 4.79 Å². The van der Waals surface area contributed by atoms with Gasteiger partial charge in [0.2, 0.25) is 0 Å². The van der Waals surface area contributed by atoms with Crippen LogP contribution < -0.4 is 0 Å². The predicted octanol–water partition coefficient (Wildman–Crippen LogP) is 3.36. The zero-order valence-electron chi connectivity index (χ0n) is 12.5. The molecule has 0 aliphatic rings. The average Bonchev–Trinajstić information content (AvgIpc) is 2.35. The van der Waals surface area contributed by atoms with Gasteiger partial charge < -0.3 is 9.84 Å². The molecule has 0 saturated carbocycles. The Morgan fingerprint density at radius 3 is 2.38 bits per heavy atom. The summed E-state index contributed by atoms with van der Waals surface area (Å²) in [6, 6.07) is 7.54. The third-order valence-corrected chi connectivity index (χ3v) is 3.28. The fourth-order valence-electron chi connectivity index (χ4n) is 1.52. The Kier molecular flexibility index (Phi) is 6.49. The molecule has 5 heteroatoms. The summed E-state index contributed by atoms with van der Waals surface area (Å²) in [6.07, 6.45) is 2.65. The maximum Gasteiger partial charge on any atom is 0.328 e. The maximum absolute atomic E-state index is 11.5. The number of aliphatic carboxylic acids is 1. The van der Waals surface area contributed by atoms with Crippen LogP contribution in [0.15, 0.2) is 30.3 Å². The molecule has 0 aliphatic heterocycles. The van der Waals surface area contributed by atoms with E-state index in [1.54, 1.807) is 6.08 Å². The van der Waals surface area contributed by atoms with Crippen molar-refractivity contribution in [1.82, 2.24) is 0 Å². The number of carbonyl (C=O) groups is 2. The molecule has 0 amide bonds. The maximum atomic E-state index is 11.5. The number of benzene rings is 1. The molecular formula is C16H20O4S. The average molecular weight is 308 g/mol. The van der Waals surface area contributed by atoms with Gasteiger partial charge in [0.05, 0.1) is 5.75 Å². The fourth-order valence-corrected chi connectivity index (χ4v) is 2.27. The Hall–Kier alpha value is -1.75. The Labute approximate surface area is 129 Å². The number of hydrogen-bond acceptors (Lipinski definition) is 4. The third kappa shape index (κ3) is 8.19. The number of rotatable bonds is 6. The first-order valence-electron chi connectivity index (χ1n) is 6.56. The van der Waals surface area contributed by atoms with Crippen LogP contribution in [-0.4, -0.2) is 28.4 Å². The first-order valence-corrected chi connectivity index (χ1v) is 7.71. The predicted molar refractivity (Wildman–Crippen MR) is 85.1 cm³/mol. The van der Waals surface area contributed by atoms with Gasteiger partial charge in [0.25, 0.3) is 0 Å². The molecule has 1 N–H and O–H groups in total. The third-order valence-electron chi connectivity index (χ3n) is 2.31. The molecule has 0 aliphatic carbocycles. The Morgan fingerprint density at radius 2 is 1.86 bits per heavy atom. The Morgan fingerprint density at radius 1 is 1.24 bits per heavy atom. The minimum absolute atomic E-state index is 0.214. The topological polar surface area (TPSA) is 63.6 Å². The van der Waals surface area contributed by atoms with Crippen molar-refractivity contribution in [2.75, 3.05) is 5.75 Å². The summed E-state index contributed by atoms with van der Waals surface area (Å²) in [4.78, 5) is 22.0. The van der Waals surface area contributed by atoms with E-state index in [9.17, 15) is 9.59 Å². The lowest BCUT2D eigenvalue weighted by Gasteiger charge is -2.19. The summed E-state index contributed by atoms with van der Waals surface area (Å²) >= 11 is 1.49. The van der Waals surface area contributed by atoms with Crippen LogP contribution in [-0.2, 0) is 20.1 Å². The lowest BCUT2D eigenvalue weighted by Crippen LogP contribution is -2.24. The van der Waals surface area contributed by atoms with Gasteiger partial charge in [-0.15, -0.1) is 11.8 Å². The van der Waals surface area contributed by atoms with E-state index in [2.05, 4.69) is 0 Å². The van der Waals surface area contributed by atoms with Crippen molar-refractivity contribution in [3.8, 4) is 0 Å². The summed E-state index contributed by atoms with van der Waals surface area (Å²) < 4.78 is 5.22. The smallest absolute Gasteiger partial charge is 0.328 e. The summed E-state index contributed by atoms with van der Waals surface area (Å²) in [6.45, 7) is 5.54. The van der Waals surface area contributed by atoms with Gasteiger partial charge in [0.15, 0.2) is 0 Å². The standard InChI is InChI=1S/C16H20O4S/c1-16(2,3)20-15(19)11-21-10-13-6-4-12(5-7-13)8-9-14(17)18/h4-9H,10-11H2,1-3H3,(H,17,18)/b9-8+. The molecule has 1 aromatic carbocycles. The molecule has 0 fully saturated rings. The highest BCUT2D eigenvalue weighted by molar-refractivity contribution is 7.99. The molecule has 4 nitrogen and oxygen atoms in total. The van der Waals surface area contributed by atoms with Crippen LogP contribution in [0.4, 0.5) is 0 Å². The zero-order valence-corrected chi connectivity index (χ0v) is 13.3. The van der Waals surface area contributed by atoms with E-state index in [0.717, 1.165) is 17.2 Å². The highest BCUT2D eigenvalue weighted by atomic mass is 32.2. The van der Waals surface area contributed by atoms with Crippen LogP contribution >= 0.6 is 11.8 Å². The minimum atomic E-state index is -0.966. The Balaban J connectivity index is 2.39. The number of thioether (sulfide) groups is 1. The van der Waals surface area contributed by atoms with Crippen LogP contribution in [0.1, 0.15) is 31.9 Å². The first kappa shape index (κ1) is 17.3. The van der Waals surface area contributed by atoms with Crippen LogP contribution in [0.5, 0.6) is 0 Å². The minimum Gasteiger partial charge on any atom is -0.478 e. The van der Waals surface area contributed by atoms with E-state index in [1.165, 1.54) is 11.8 Å². The summed E-state index contributed by atoms with van der Waals surface area (Å²) in [5.41, 5.74) is 1.46. The second kappa shape index (κ2) is 7.88. The quantitative estimate of drug-likeness (QED) is 0.645. The van der Waals surface area contributed by atoms with Crippen LogP contribution in [0, 0.1) is 0 Å². The number of carboxylic acid groups (broad SMARTS) is 1. The van der Waals surface area contributed by atoms with Crippen molar-refractivity contribution >= 4 is 29.8 Å². The molecular weight excluding hydrogens is 288 g/mol. The summed E-state index contributed by atoms with van der Waals surface area (Å²) in [5, 5.41) is 8.54. The highest BCUT2D eigenvalue weighted by Gasteiger charge is 2.15. The zero-order chi connectivity index (χ0) is 15.9. The largest absolute Gasteiger partial charge is 0.478 e. The van der Waals surface area contributed by atoms with Gasteiger partial charge in [-0.05, 0) is 38.0 Å². The van der Waals surface area contributed by atoms with Gasteiger partial charge in [-0.1, -0.05) is 24.3 Å². The van der Waals surface area contributed by atoms with E-state index in [-0.39, 0.29) is 5.97 Å². The van der Waals surface area contributed by atoms with Crippen molar-refractivity contribution in [3.63, 3.8) is 0 Å². The summed E-state index contributed by atoms with van der Waals surface area (Å²) in [5.74, 6) is -0.152. The van der Waals surface area contributed by atoms with Crippen molar-refractivity contribution in [3.05, 3.63) is 41.5 Å². The van der Waals surface area contributed by atoms with Crippen LogP contribution in [0.25, 0.3) is 6.08 Å². The molecule has 0 saturated heterocycles. The van der Waals surface area contributed by atoms with Crippen molar-refractivity contribution in [1.29, 1.82) is 0 Å². The van der Waals surface area contributed by atoms with Crippen molar-refractivity contribution < 1.29 is 19.4 Å². The number of ether oxygens (including phenoxy) is 1. The van der Waals surface area contributed by atoms with Crippen LogP contribution in [0.3, 0.4) is 0 Å². The molecule has 0 radical (unpaired) electrons. The van der Waals surface area contributed by atoms with Crippen LogP contribution in [0.2, 0.25) is 0 Å². The number of carbonyl (C=O) groups excluding carboxylic acids is 1. The van der Waals surface area contributed by atoms with Gasteiger partial charge in [-0.25, -0.2) is 4.79 Å². The first-order chi connectivity index (χ1) is 9.76. The molecule has 0 heterocycles. The van der Waals surface area contributed by atoms with E-state index in [4.69, 9.17) is 9.84 Å². The van der Waals surface area contributed by atoms with Gasteiger partial charge in [0.1, 0.15) is 5.60 Å². The second-order valence-electron chi connectivity index (χ2n) is 5.49. The lowest BCUT2D eigenvalue weighted by molar-refractivity contribution is -0.151. The monoisotopic (exact) mass is 308 g/mol. The molecule has 21 heavy (non-hydrogen) atoms. The summed E-state index contributed by atoms with van der Waals surface area (Å²) in [7, 11) is 0. The number of carboxylic acids is 1. The molecule has 0 bridgehead atoms. The van der Waals surface area contributed by atoms with Gasteiger partial charge in [0, 0.05) is 11.8 Å². The van der Waals surface area contributed by atoms with E-state index >= 15 is 0 Å². The SMILES string of the molecule is CC(C)(C)OC(=O)CSCc1ccc(/C=C/C(=O)O)cc1. The van der Waals surface area contributed by atoms with E-state index < -0.39 is 11.6 Å². The van der Waals surface area contributed by atoms with Crippen molar-refractivity contribution in [2.24, 2.45) is 0 Å².